The highest BCUT2D eigenvalue weighted by Gasteiger charge is 2.23. The highest BCUT2D eigenvalue weighted by Crippen LogP contribution is 2.18. The first kappa shape index (κ1) is 15.5. The molecule has 112 valence electrons. The lowest BCUT2D eigenvalue weighted by Crippen LogP contribution is -2.28. The number of hydrogen-bond acceptors (Lipinski definition) is 4. The molecule has 0 bridgehead atoms. The number of nitrogens with zero attached hydrogens (tertiary/aromatic N) is 1. The highest BCUT2D eigenvalue weighted by atomic mass is 32.2. The van der Waals surface area contributed by atoms with Crippen LogP contribution in [0.1, 0.15) is 31.2 Å². The average molecular weight is 307 g/mol. The molecule has 0 heterocycles. The molecule has 1 fully saturated rings. The van der Waals surface area contributed by atoms with E-state index in [0.717, 1.165) is 12.8 Å². The van der Waals surface area contributed by atoms with Gasteiger partial charge in [-0.05, 0) is 31.4 Å². The molecule has 7 heteroatoms. The van der Waals surface area contributed by atoms with Crippen LogP contribution in [0.3, 0.4) is 0 Å². The third-order valence-corrected chi connectivity index (χ3v) is 4.63. The molecule has 1 amide bonds. The summed E-state index contributed by atoms with van der Waals surface area (Å²) in [6, 6.07) is 8.20. The number of benzene rings is 1. The Labute approximate surface area is 124 Å². The van der Waals surface area contributed by atoms with Crippen LogP contribution in [0, 0.1) is 11.3 Å². The monoisotopic (exact) mass is 307 g/mol. The van der Waals surface area contributed by atoms with Gasteiger partial charge in [0.05, 0.1) is 10.5 Å². The van der Waals surface area contributed by atoms with Crippen LogP contribution < -0.4 is 10.0 Å². The zero-order valence-electron chi connectivity index (χ0n) is 11.5. The molecule has 2 N–H and O–H groups in total. The molecule has 1 aliphatic carbocycles. The van der Waals surface area contributed by atoms with E-state index in [1.54, 1.807) is 12.1 Å². The Bertz CT molecular complexity index is 660. The Hall–Kier alpha value is -1.91. The first-order chi connectivity index (χ1) is 10.0. The number of carbonyl (C=O) groups excluding carboxylic acids is 1. The van der Waals surface area contributed by atoms with Crippen LogP contribution in [0.4, 0.5) is 0 Å². The first-order valence-electron chi connectivity index (χ1n) is 6.81. The summed E-state index contributed by atoms with van der Waals surface area (Å²) in [7, 11) is -3.72. The number of hydrogen-bond donors (Lipinski definition) is 2. The number of amides is 1. The summed E-state index contributed by atoms with van der Waals surface area (Å²) < 4.78 is 26.6. The molecule has 21 heavy (non-hydrogen) atoms. The summed E-state index contributed by atoms with van der Waals surface area (Å²) in [5, 5.41) is 11.8. The fraction of sp³-hybridized carbons (Fsp3) is 0.429. The molecule has 6 nitrogen and oxygen atoms in total. The van der Waals surface area contributed by atoms with Crippen LogP contribution in [-0.2, 0) is 14.8 Å². The molecule has 0 aliphatic heterocycles. The maximum absolute atomic E-state index is 12.1. The fourth-order valence-electron chi connectivity index (χ4n) is 1.85. The van der Waals surface area contributed by atoms with Crippen molar-refractivity contribution in [2.75, 3.05) is 6.54 Å². The van der Waals surface area contributed by atoms with E-state index in [-0.39, 0.29) is 22.9 Å². The third kappa shape index (κ3) is 4.55. The third-order valence-electron chi connectivity index (χ3n) is 3.11. The minimum Gasteiger partial charge on any atom is -0.353 e. The molecule has 2 rings (SSSR count). The highest BCUT2D eigenvalue weighted by molar-refractivity contribution is 7.89. The van der Waals surface area contributed by atoms with E-state index in [1.807, 2.05) is 6.07 Å². The number of carbonyl (C=O) groups is 1. The molecule has 1 aromatic rings. The molecule has 1 aliphatic rings. The molecule has 1 aromatic carbocycles. The second-order valence-electron chi connectivity index (χ2n) is 4.95. The van der Waals surface area contributed by atoms with Gasteiger partial charge in [-0.3, -0.25) is 4.79 Å². The van der Waals surface area contributed by atoms with Gasteiger partial charge in [-0.15, -0.1) is 0 Å². The van der Waals surface area contributed by atoms with E-state index in [9.17, 15) is 13.2 Å². The summed E-state index contributed by atoms with van der Waals surface area (Å²) in [6.45, 7) is 0.167. The van der Waals surface area contributed by atoms with Crippen molar-refractivity contribution in [3.05, 3.63) is 29.8 Å². The lowest BCUT2D eigenvalue weighted by Gasteiger charge is -2.08. The van der Waals surface area contributed by atoms with Crippen LogP contribution in [-0.4, -0.2) is 26.9 Å². The van der Waals surface area contributed by atoms with E-state index in [1.165, 1.54) is 12.1 Å². The largest absolute Gasteiger partial charge is 0.353 e. The van der Waals surface area contributed by atoms with Gasteiger partial charge in [0.15, 0.2) is 0 Å². The van der Waals surface area contributed by atoms with Crippen molar-refractivity contribution in [1.82, 2.24) is 10.0 Å². The summed E-state index contributed by atoms with van der Waals surface area (Å²) in [5.74, 6) is -0.0471. The fourth-order valence-corrected chi connectivity index (χ4v) is 3.08. The van der Waals surface area contributed by atoms with Gasteiger partial charge in [-0.1, -0.05) is 12.1 Å². The van der Waals surface area contributed by atoms with E-state index < -0.39 is 10.0 Å². The van der Waals surface area contributed by atoms with Crippen LogP contribution in [0.25, 0.3) is 0 Å². The molecule has 0 unspecified atom stereocenters. The molecule has 0 radical (unpaired) electrons. The Morgan fingerprint density at radius 3 is 2.71 bits per heavy atom. The predicted octanol–water partition coefficient (Wildman–Crippen LogP) is 0.895. The average Bonchev–Trinajstić information content (AvgIpc) is 3.27. The van der Waals surface area contributed by atoms with E-state index in [4.69, 9.17) is 5.26 Å². The van der Waals surface area contributed by atoms with Crippen LogP contribution in [0.2, 0.25) is 0 Å². The second kappa shape index (κ2) is 6.70. The summed E-state index contributed by atoms with van der Waals surface area (Å²) in [6.07, 6.45) is 2.78. The van der Waals surface area contributed by atoms with Crippen molar-refractivity contribution in [1.29, 1.82) is 5.26 Å². The first-order valence-corrected chi connectivity index (χ1v) is 8.29. The van der Waals surface area contributed by atoms with Gasteiger partial charge in [0.25, 0.3) is 0 Å². The Morgan fingerprint density at radius 2 is 2.05 bits per heavy atom. The molecule has 0 aromatic heterocycles. The standard InChI is InChI=1S/C14H17N3O3S/c15-10-11-4-1-2-5-13(11)21(19,20)16-9-3-6-14(18)17-12-7-8-12/h1-2,4-5,12,16H,3,6-9H2,(H,17,18). The van der Waals surface area contributed by atoms with Gasteiger partial charge < -0.3 is 5.32 Å². The summed E-state index contributed by atoms with van der Waals surface area (Å²) in [4.78, 5) is 11.4. The number of nitrogens with one attached hydrogen (secondary N) is 2. The van der Waals surface area contributed by atoms with Gasteiger partial charge in [0.1, 0.15) is 6.07 Å². The van der Waals surface area contributed by atoms with Gasteiger partial charge in [-0.25, -0.2) is 13.1 Å². The van der Waals surface area contributed by atoms with Crippen molar-refractivity contribution in [3.8, 4) is 6.07 Å². The minimum atomic E-state index is -3.72. The van der Waals surface area contributed by atoms with E-state index in [0.29, 0.717) is 18.9 Å². The lowest BCUT2D eigenvalue weighted by molar-refractivity contribution is -0.121. The Balaban J connectivity index is 1.83. The van der Waals surface area contributed by atoms with Crippen molar-refractivity contribution in [2.45, 2.75) is 36.6 Å². The zero-order valence-corrected chi connectivity index (χ0v) is 12.3. The summed E-state index contributed by atoms with van der Waals surface area (Å²) in [5.41, 5.74) is 0.108. The SMILES string of the molecule is N#Cc1ccccc1S(=O)(=O)NCCCC(=O)NC1CC1. The molecule has 0 atom stereocenters. The molecule has 0 saturated heterocycles. The number of sulfonamides is 1. The summed E-state index contributed by atoms with van der Waals surface area (Å²) >= 11 is 0. The lowest BCUT2D eigenvalue weighted by atomic mass is 10.2. The predicted molar refractivity (Wildman–Crippen MR) is 76.7 cm³/mol. The quantitative estimate of drug-likeness (QED) is 0.731. The van der Waals surface area contributed by atoms with Gasteiger partial charge >= 0.3 is 0 Å². The van der Waals surface area contributed by atoms with Gasteiger partial charge in [0, 0.05) is 19.0 Å². The van der Waals surface area contributed by atoms with Crippen molar-refractivity contribution >= 4 is 15.9 Å². The second-order valence-corrected chi connectivity index (χ2v) is 6.69. The van der Waals surface area contributed by atoms with E-state index in [2.05, 4.69) is 10.0 Å². The zero-order chi connectivity index (χ0) is 15.3. The smallest absolute Gasteiger partial charge is 0.241 e. The van der Waals surface area contributed by atoms with Crippen LogP contribution >= 0.6 is 0 Å². The van der Waals surface area contributed by atoms with Crippen molar-refractivity contribution < 1.29 is 13.2 Å². The number of nitriles is 1. The maximum atomic E-state index is 12.1. The van der Waals surface area contributed by atoms with Gasteiger partial charge in [0.2, 0.25) is 15.9 Å². The molecule has 0 spiro atoms. The molecular formula is C14H17N3O3S. The van der Waals surface area contributed by atoms with Crippen LogP contribution in [0.15, 0.2) is 29.2 Å². The normalized spacial score (nSPS) is 14.4. The van der Waals surface area contributed by atoms with Crippen molar-refractivity contribution in [2.24, 2.45) is 0 Å². The Morgan fingerprint density at radius 1 is 1.33 bits per heavy atom. The van der Waals surface area contributed by atoms with Gasteiger partial charge in [-0.2, -0.15) is 5.26 Å². The van der Waals surface area contributed by atoms with Crippen molar-refractivity contribution in [3.63, 3.8) is 0 Å². The molecule has 1 saturated carbocycles. The Kier molecular flexibility index (Phi) is 4.94. The number of rotatable bonds is 7. The van der Waals surface area contributed by atoms with E-state index >= 15 is 0 Å². The minimum absolute atomic E-state index is 0.0325. The topological polar surface area (TPSA) is 99.1 Å². The van der Waals surface area contributed by atoms with Crippen LogP contribution in [0.5, 0.6) is 0 Å². The maximum Gasteiger partial charge on any atom is 0.241 e. The molecular weight excluding hydrogens is 290 g/mol.